The van der Waals surface area contributed by atoms with Crippen molar-refractivity contribution in [1.29, 1.82) is 0 Å². The Hall–Kier alpha value is -2.63. The van der Waals surface area contributed by atoms with Crippen molar-refractivity contribution in [2.45, 2.75) is 26.3 Å². The fraction of sp³-hybridized carbons (Fsp3) is 0.267. The first-order valence-corrected chi connectivity index (χ1v) is 6.58. The monoisotopic (exact) mass is 288 g/mol. The minimum Gasteiger partial charge on any atom is -0.479 e. The van der Waals surface area contributed by atoms with Crippen LogP contribution in [-0.2, 0) is 11.2 Å². The summed E-state index contributed by atoms with van der Waals surface area (Å²) in [5, 5.41) is 15.6. The van der Waals surface area contributed by atoms with Crippen LogP contribution in [0.3, 0.4) is 0 Å². The molecule has 0 saturated heterocycles. The summed E-state index contributed by atoms with van der Waals surface area (Å²) in [6.07, 6.45) is 0.531. The first-order chi connectivity index (χ1) is 10.0. The third kappa shape index (κ3) is 3.10. The van der Waals surface area contributed by atoms with Crippen molar-refractivity contribution in [2.75, 3.05) is 0 Å². The van der Waals surface area contributed by atoms with Crippen LogP contribution in [0, 0.1) is 6.92 Å². The Labute approximate surface area is 121 Å². The highest BCUT2D eigenvalue weighted by atomic mass is 16.5. The van der Waals surface area contributed by atoms with E-state index in [-0.39, 0.29) is 0 Å². The zero-order chi connectivity index (χ0) is 15.4. The molecular weight excluding hydrogens is 272 g/mol. The molecule has 21 heavy (non-hydrogen) atoms. The van der Waals surface area contributed by atoms with Crippen LogP contribution in [-0.4, -0.2) is 22.1 Å². The number of benzene rings is 1. The van der Waals surface area contributed by atoms with Crippen molar-refractivity contribution < 1.29 is 19.2 Å². The summed E-state index contributed by atoms with van der Waals surface area (Å²) in [4.78, 5) is 23.7. The fourth-order valence-corrected chi connectivity index (χ4v) is 2.09. The van der Waals surface area contributed by atoms with E-state index in [2.05, 4.69) is 10.5 Å². The largest absolute Gasteiger partial charge is 0.479 e. The van der Waals surface area contributed by atoms with Gasteiger partial charge < -0.3 is 14.9 Å². The minimum absolute atomic E-state index is 0.305. The van der Waals surface area contributed by atoms with Crippen LogP contribution in [0.15, 0.2) is 34.9 Å². The van der Waals surface area contributed by atoms with Gasteiger partial charge in [-0.05, 0) is 18.9 Å². The number of hydrogen-bond donors (Lipinski definition) is 2. The first-order valence-electron chi connectivity index (χ1n) is 6.58. The lowest BCUT2D eigenvalue weighted by Gasteiger charge is -2.14. The second-order valence-electron chi connectivity index (χ2n) is 4.57. The maximum Gasteiger partial charge on any atom is 0.330 e. The quantitative estimate of drug-likeness (QED) is 0.879. The fourth-order valence-electron chi connectivity index (χ4n) is 2.09. The summed E-state index contributed by atoms with van der Waals surface area (Å²) < 4.78 is 5.00. The van der Waals surface area contributed by atoms with Crippen molar-refractivity contribution in [3.8, 4) is 0 Å². The van der Waals surface area contributed by atoms with Gasteiger partial charge in [0, 0.05) is 0 Å². The number of carboxylic acids is 1. The van der Waals surface area contributed by atoms with E-state index >= 15 is 0 Å². The molecule has 1 aromatic heterocycles. The van der Waals surface area contributed by atoms with Gasteiger partial charge in [0.05, 0.1) is 5.69 Å². The van der Waals surface area contributed by atoms with Gasteiger partial charge in [-0.3, -0.25) is 4.79 Å². The molecule has 2 aromatic rings. The molecular formula is C15H16N2O4. The second kappa shape index (κ2) is 6.21. The minimum atomic E-state index is -1.12. The van der Waals surface area contributed by atoms with Crippen LogP contribution in [0.2, 0.25) is 0 Å². The summed E-state index contributed by atoms with van der Waals surface area (Å²) in [6, 6.07) is 7.42. The number of nitrogens with zero attached hydrogens (tertiary/aromatic N) is 1. The van der Waals surface area contributed by atoms with E-state index in [4.69, 9.17) is 4.52 Å². The SMILES string of the molecule is CCc1noc(C)c1C(=O)NC(C(=O)O)c1ccccc1. The zero-order valence-electron chi connectivity index (χ0n) is 11.8. The zero-order valence-corrected chi connectivity index (χ0v) is 11.8. The molecule has 0 aliphatic rings. The molecule has 0 aliphatic carbocycles. The lowest BCUT2D eigenvalue weighted by Crippen LogP contribution is -2.34. The Morgan fingerprint density at radius 1 is 1.33 bits per heavy atom. The van der Waals surface area contributed by atoms with Gasteiger partial charge in [-0.25, -0.2) is 4.79 Å². The number of carboxylic acid groups (broad SMARTS) is 1. The Balaban J connectivity index is 2.27. The standard InChI is InChI=1S/C15H16N2O4/c1-3-11-12(9(2)21-17-11)14(18)16-13(15(19)20)10-7-5-4-6-8-10/h4-8,13H,3H2,1-2H3,(H,16,18)(H,19,20). The summed E-state index contributed by atoms with van der Waals surface area (Å²) >= 11 is 0. The molecule has 110 valence electrons. The van der Waals surface area contributed by atoms with Crippen molar-refractivity contribution in [3.05, 3.63) is 52.9 Å². The third-order valence-corrected chi connectivity index (χ3v) is 3.15. The molecule has 0 fully saturated rings. The van der Waals surface area contributed by atoms with E-state index in [0.717, 1.165) is 0 Å². The van der Waals surface area contributed by atoms with Crippen molar-refractivity contribution in [1.82, 2.24) is 10.5 Å². The van der Waals surface area contributed by atoms with Crippen molar-refractivity contribution in [2.24, 2.45) is 0 Å². The second-order valence-corrected chi connectivity index (χ2v) is 4.57. The van der Waals surface area contributed by atoms with E-state index in [1.807, 2.05) is 6.92 Å². The van der Waals surface area contributed by atoms with Gasteiger partial charge in [-0.1, -0.05) is 42.4 Å². The van der Waals surface area contributed by atoms with Gasteiger partial charge in [0.25, 0.3) is 5.91 Å². The van der Waals surface area contributed by atoms with E-state index in [0.29, 0.717) is 29.0 Å². The molecule has 0 aliphatic heterocycles. The average molecular weight is 288 g/mol. The van der Waals surface area contributed by atoms with E-state index in [9.17, 15) is 14.7 Å². The van der Waals surface area contributed by atoms with Crippen LogP contribution in [0.1, 0.15) is 40.3 Å². The maximum atomic E-state index is 12.3. The number of aryl methyl sites for hydroxylation is 2. The van der Waals surface area contributed by atoms with Crippen LogP contribution < -0.4 is 5.32 Å². The molecule has 6 heteroatoms. The summed E-state index contributed by atoms with van der Waals surface area (Å²) in [6.45, 7) is 3.47. The third-order valence-electron chi connectivity index (χ3n) is 3.15. The Morgan fingerprint density at radius 2 is 2.00 bits per heavy atom. The van der Waals surface area contributed by atoms with Crippen molar-refractivity contribution in [3.63, 3.8) is 0 Å². The molecule has 1 amide bonds. The van der Waals surface area contributed by atoms with Gasteiger partial charge in [-0.2, -0.15) is 0 Å². The molecule has 0 radical (unpaired) electrons. The Bertz CT molecular complexity index is 649. The Morgan fingerprint density at radius 3 is 2.57 bits per heavy atom. The van der Waals surface area contributed by atoms with Crippen LogP contribution in [0.5, 0.6) is 0 Å². The number of nitrogens with one attached hydrogen (secondary N) is 1. The van der Waals surface area contributed by atoms with Gasteiger partial charge in [0.1, 0.15) is 11.3 Å². The van der Waals surface area contributed by atoms with Crippen LogP contribution >= 0.6 is 0 Å². The van der Waals surface area contributed by atoms with Crippen LogP contribution in [0.4, 0.5) is 0 Å². The van der Waals surface area contributed by atoms with Gasteiger partial charge in [0.15, 0.2) is 6.04 Å². The lowest BCUT2D eigenvalue weighted by atomic mass is 10.1. The van der Waals surface area contributed by atoms with E-state index in [1.54, 1.807) is 37.3 Å². The number of carbonyl (C=O) groups is 2. The predicted octanol–water partition coefficient (Wildman–Crippen LogP) is 2.10. The summed E-state index contributed by atoms with van der Waals surface area (Å²) in [7, 11) is 0. The molecule has 1 atom stereocenters. The molecule has 1 aromatic carbocycles. The highest BCUT2D eigenvalue weighted by Crippen LogP contribution is 2.17. The van der Waals surface area contributed by atoms with Gasteiger partial charge >= 0.3 is 5.97 Å². The van der Waals surface area contributed by atoms with Crippen LogP contribution in [0.25, 0.3) is 0 Å². The predicted molar refractivity (Wildman–Crippen MR) is 74.9 cm³/mol. The number of aromatic nitrogens is 1. The maximum absolute atomic E-state index is 12.3. The first kappa shape index (κ1) is 14.8. The molecule has 0 saturated carbocycles. The summed E-state index contributed by atoms with van der Waals surface area (Å²) in [5.74, 6) is -1.25. The van der Waals surface area contributed by atoms with Gasteiger partial charge in [-0.15, -0.1) is 0 Å². The normalized spacial score (nSPS) is 11.9. The highest BCUT2D eigenvalue weighted by Gasteiger charge is 2.26. The number of amides is 1. The lowest BCUT2D eigenvalue weighted by molar-refractivity contribution is -0.139. The molecule has 1 unspecified atom stereocenters. The van der Waals surface area contributed by atoms with E-state index in [1.165, 1.54) is 0 Å². The molecule has 2 N–H and O–H groups in total. The van der Waals surface area contributed by atoms with Gasteiger partial charge in [0.2, 0.25) is 0 Å². The Kier molecular flexibility index (Phi) is 4.37. The molecule has 1 heterocycles. The topological polar surface area (TPSA) is 92.4 Å². The molecule has 6 nitrogen and oxygen atoms in total. The molecule has 0 bridgehead atoms. The number of aliphatic carboxylic acids is 1. The average Bonchev–Trinajstić information content (AvgIpc) is 2.86. The highest BCUT2D eigenvalue weighted by molar-refractivity contribution is 5.98. The number of hydrogen-bond acceptors (Lipinski definition) is 4. The summed E-state index contributed by atoms with van der Waals surface area (Å²) in [5.41, 5.74) is 1.33. The molecule has 2 rings (SSSR count). The number of rotatable bonds is 5. The number of carbonyl (C=O) groups excluding carboxylic acids is 1. The van der Waals surface area contributed by atoms with E-state index < -0.39 is 17.9 Å². The molecule has 0 spiro atoms. The van der Waals surface area contributed by atoms with Crippen molar-refractivity contribution >= 4 is 11.9 Å². The smallest absolute Gasteiger partial charge is 0.330 e.